The molecule has 1 aliphatic rings. The number of hydrogen-bond acceptors (Lipinski definition) is 4. The molecule has 1 aromatic rings. The fourth-order valence-electron chi connectivity index (χ4n) is 2.23. The van der Waals surface area contributed by atoms with Crippen LogP contribution in [0.2, 0.25) is 0 Å². The highest BCUT2D eigenvalue weighted by molar-refractivity contribution is 7.89. The number of amides is 1. The van der Waals surface area contributed by atoms with Crippen molar-refractivity contribution in [3.8, 4) is 0 Å². The van der Waals surface area contributed by atoms with E-state index in [2.05, 4.69) is 4.72 Å². The molecule has 0 aliphatic heterocycles. The van der Waals surface area contributed by atoms with Crippen LogP contribution in [0.1, 0.15) is 24.8 Å². The van der Waals surface area contributed by atoms with E-state index in [0.717, 1.165) is 18.6 Å². The van der Waals surface area contributed by atoms with Crippen LogP contribution >= 0.6 is 0 Å². The van der Waals surface area contributed by atoms with E-state index in [0.29, 0.717) is 12.8 Å². The SMILES string of the molecule is Cc1cc(S(=O)(=O)N[C@@H](C(=O)NO)C2CCC2)ccc1F. The first-order chi connectivity index (χ1) is 9.85. The lowest BCUT2D eigenvalue weighted by molar-refractivity contribution is -0.133. The van der Waals surface area contributed by atoms with Crippen LogP contribution in [0.5, 0.6) is 0 Å². The zero-order chi connectivity index (χ0) is 15.6. The van der Waals surface area contributed by atoms with Crippen LogP contribution in [0.25, 0.3) is 0 Å². The Balaban J connectivity index is 2.25. The molecule has 3 N–H and O–H groups in total. The van der Waals surface area contributed by atoms with Crippen LogP contribution in [-0.4, -0.2) is 25.6 Å². The number of carbonyl (C=O) groups excluding carboxylic acids is 1. The molecule has 1 aromatic carbocycles. The van der Waals surface area contributed by atoms with Gasteiger partial charge in [-0.15, -0.1) is 0 Å². The summed E-state index contributed by atoms with van der Waals surface area (Å²) in [7, 11) is -3.96. The van der Waals surface area contributed by atoms with Gasteiger partial charge < -0.3 is 0 Å². The molecule has 2 rings (SSSR count). The Labute approximate surface area is 122 Å². The van der Waals surface area contributed by atoms with Crippen LogP contribution in [0.15, 0.2) is 23.1 Å². The van der Waals surface area contributed by atoms with E-state index in [-0.39, 0.29) is 16.4 Å². The van der Waals surface area contributed by atoms with Crippen molar-refractivity contribution in [1.82, 2.24) is 10.2 Å². The molecule has 8 heteroatoms. The fraction of sp³-hybridized carbons (Fsp3) is 0.462. The zero-order valence-corrected chi connectivity index (χ0v) is 12.3. The molecule has 6 nitrogen and oxygen atoms in total. The van der Waals surface area contributed by atoms with Gasteiger partial charge in [0.25, 0.3) is 5.91 Å². The van der Waals surface area contributed by atoms with Crippen LogP contribution in [0, 0.1) is 18.7 Å². The normalized spacial score (nSPS) is 17.1. The number of benzene rings is 1. The minimum atomic E-state index is -3.96. The highest BCUT2D eigenvalue weighted by atomic mass is 32.2. The monoisotopic (exact) mass is 316 g/mol. The van der Waals surface area contributed by atoms with Gasteiger partial charge in [0.05, 0.1) is 4.90 Å². The second kappa shape index (κ2) is 6.08. The number of rotatable bonds is 5. The smallest absolute Gasteiger partial charge is 0.261 e. The van der Waals surface area contributed by atoms with E-state index >= 15 is 0 Å². The number of nitrogens with one attached hydrogen (secondary N) is 2. The topological polar surface area (TPSA) is 95.5 Å². The molecule has 0 radical (unpaired) electrons. The summed E-state index contributed by atoms with van der Waals surface area (Å²) in [6.07, 6.45) is 2.34. The highest BCUT2D eigenvalue weighted by Gasteiger charge is 2.36. The maximum atomic E-state index is 13.2. The summed E-state index contributed by atoms with van der Waals surface area (Å²) in [5.41, 5.74) is 1.68. The lowest BCUT2D eigenvalue weighted by atomic mass is 9.80. The Bertz CT molecular complexity index is 644. The van der Waals surface area contributed by atoms with Crippen LogP contribution in [0.3, 0.4) is 0 Å². The van der Waals surface area contributed by atoms with Gasteiger partial charge in [0.1, 0.15) is 11.9 Å². The quantitative estimate of drug-likeness (QED) is 0.559. The molecule has 116 valence electrons. The fourth-order valence-corrected chi connectivity index (χ4v) is 3.58. The minimum absolute atomic E-state index is 0.114. The summed E-state index contributed by atoms with van der Waals surface area (Å²) in [6, 6.07) is 2.37. The molecule has 1 amide bonds. The summed E-state index contributed by atoms with van der Waals surface area (Å²) < 4.78 is 40.0. The second-order valence-corrected chi connectivity index (χ2v) is 6.89. The molecule has 0 saturated heterocycles. The Morgan fingerprint density at radius 2 is 2.10 bits per heavy atom. The van der Waals surface area contributed by atoms with E-state index in [1.807, 2.05) is 0 Å². The number of halogens is 1. The average molecular weight is 316 g/mol. The predicted octanol–water partition coefficient (Wildman–Crippen LogP) is 1.09. The maximum Gasteiger partial charge on any atom is 0.261 e. The molecule has 1 saturated carbocycles. The first-order valence-corrected chi connectivity index (χ1v) is 8.06. The van der Waals surface area contributed by atoms with Gasteiger partial charge in [0.2, 0.25) is 10.0 Å². The first-order valence-electron chi connectivity index (χ1n) is 6.57. The van der Waals surface area contributed by atoms with E-state index in [4.69, 9.17) is 5.21 Å². The van der Waals surface area contributed by atoms with Gasteiger partial charge in [-0.2, -0.15) is 4.72 Å². The van der Waals surface area contributed by atoms with Crippen molar-refractivity contribution in [2.24, 2.45) is 5.92 Å². The summed E-state index contributed by atoms with van der Waals surface area (Å²) in [6.45, 7) is 1.46. The van der Waals surface area contributed by atoms with Gasteiger partial charge in [0.15, 0.2) is 0 Å². The van der Waals surface area contributed by atoms with E-state index in [1.54, 1.807) is 0 Å². The van der Waals surface area contributed by atoms with Crippen molar-refractivity contribution in [3.63, 3.8) is 0 Å². The Hall–Kier alpha value is -1.51. The molecular formula is C13H17FN2O4S. The van der Waals surface area contributed by atoms with E-state index < -0.39 is 27.8 Å². The number of sulfonamides is 1. The van der Waals surface area contributed by atoms with Crippen LogP contribution < -0.4 is 10.2 Å². The summed E-state index contributed by atoms with van der Waals surface area (Å²) >= 11 is 0. The van der Waals surface area contributed by atoms with Gasteiger partial charge in [-0.1, -0.05) is 6.42 Å². The Morgan fingerprint density at radius 3 is 2.57 bits per heavy atom. The summed E-state index contributed by atoms with van der Waals surface area (Å²) in [5.74, 6) is -1.44. The molecule has 0 spiro atoms. The van der Waals surface area contributed by atoms with Gasteiger partial charge in [-0.25, -0.2) is 18.3 Å². The molecular weight excluding hydrogens is 299 g/mol. The van der Waals surface area contributed by atoms with Gasteiger partial charge in [-0.3, -0.25) is 10.0 Å². The molecule has 0 heterocycles. The van der Waals surface area contributed by atoms with Crippen molar-refractivity contribution in [2.45, 2.75) is 37.1 Å². The predicted molar refractivity (Wildman–Crippen MR) is 72.5 cm³/mol. The van der Waals surface area contributed by atoms with Gasteiger partial charge >= 0.3 is 0 Å². The number of aryl methyl sites for hydroxylation is 1. The van der Waals surface area contributed by atoms with E-state index in [1.165, 1.54) is 18.5 Å². The highest BCUT2D eigenvalue weighted by Crippen LogP contribution is 2.30. The number of carbonyl (C=O) groups is 1. The molecule has 0 bridgehead atoms. The van der Waals surface area contributed by atoms with Gasteiger partial charge in [0, 0.05) is 0 Å². The largest absolute Gasteiger partial charge is 0.289 e. The Kier molecular flexibility index (Phi) is 4.60. The standard InChI is InChI=1S/C13H17FN2O4S/c1-8-7-10(5-6-11(8)14)21(19,20)16-12(13(17)15-18)9-3-2-4-9/h5-7,9,12,16,18H,2-4H2,1H3,(H,15,17)/t12-/m1/s1. The third-order valence-electron chi connectivity index (χ3n) is 3.74. The van der Waals surface area contributed by atoms with Gasteiger partial charge in [-0.05, 0) is 49.4 Å². The second-order valence-electron chi connectivity index (χ2n) is 5.18. The van der Waals surface area contributed by atoms with Crippen LogP contribution in [0.4, 0.5) is 4.39 Å². The lowest BCUT2D eigenvalue weighted by Gasteiger charge is -2.32. The summed E-state index contributed by atoms with van der Waals surface area (Å²) in [4.78, 5) is 11.5. The third kappa shape index (κ3) is 3.39. The van der Waals surface area contributed by atoms with Crippen molar-refractivity contribution in [1.29, 1.82) is 0 Å². The molecule has 21 heavy (non-hydrogen) atoms. The first kappa shape index (κ1) is 15.9. The molecule has 1 fully saturated rings. The van der Waals surface area contributed by atoms with Crippen LogP contribution in [-0.2, 0) is 14.8 Å². The average Bonchev–Trinajstić information content (AvgIpc) is 2.37. The molecule has 1 atom stereocenters. The lowest BCUT2D eigenvalue weighted by Crippen LogP contribution is -2.51. The minimum Gasteiger partial charge on any atom is -0.289 e. The van der Waals surface area contributed by atoms with Crippen molar-refractivity contribution in [2.75, 3.05) is 0 Å². The molecule has 1 aliphatic carbocycles. The van der Waals surface area contributed by atoms with Crippen molar-refractivity contribution >= 4 is 15.9 Å². The zero-order valence-electron chi connectivity index (χ0n) is 11.5. The summed E-state index contributed by atoms with van der Waals surface area (Å²) in [5, 5.41) is 8.74. The van der Waals surface area contributed by atoms with Crippen molar-refractivity contribution in [3.05, 3.63) is 29.6 Å². The molecule has 0 aromatic heterocycles. The third-order valence-corrected chi connectivity index (χ3v) is 5.17. The number of hydroxylamine groups is 1. The Morgan fingerprint density at radius 1 is 1.43 bits per heavy atom. The van der Waals surface area contributed by atoms with E-state index in [9.17, 15) is 17.6 Å². The maximum absolute atomic E-state index is 13.2. The van der Waals surface area contributed by atoms with Crippen molar-refractivity contribution < 1.29 is 22.8 Å². The molecule has 0 unspecified atom stereocenters. The number of hydrogen-bond donors (Lipinski definition) is 3.